The number of aryl methyl sites for hydroxylation is 1. The van der Waals surface area contributed by atoms with Crippen molar-refractivity contribution in [2.75, 3.05) is 11.4 Å². The van der Waals surface area contributed by atoms with Crippen molar-refractivity contribution in [3.05, 3.63) is 59.9 Å². The lowest BCUT2D eigenvalue weighted by molar-refractivity contribution is 0.0983. The predicted octanol–water partition coefficient (Wildman–Crippen LogP) is 4.21. The third-order valence-electron chi connectivity index (χ3n) is 3.65. The van der Waals surface area contributed by atoms with Gasteiger partial charge in [0.25, 0.3) is 5.91 Å². The lowest BCUT2D eigenvalue weighted by Gasteiger charge is -2.21. The zero-order valence-electron chi connectivity index (χ0n) is 14.5. The molecule has 6 heteroatoms. The maximum absolute atomic E-state index is 13.0. The maximum atomic E-state index is 13.0. The van der Waals surface area contributed by atoms with Gasteiger partial charge in [0, 0.05) is 30.1 Å². The Morgan fingerprint density at radius 2 is 1.92 bits per heavy atom. The summed E-state index contributed by atoms with van der Waals surface area (Å²) in [6.07, 6.45) is 3.47. The minimum absolute atomic E-state index is 0.0532. The summed E-state index contributed by atoms with van der Waals surface area (Å²) in [5.74, 6) is 0.266. The number of hydrogen-bond acceptors (Lipinski definition) is 5. The van der Waals surface area contributed by atoms with E-state index in [0.717, 1.165) is 16.1 Å². The SMILES string of the molecule is Cc1ccc(C(=O)N(CC(C)C)c2nnc(-c3cccnc3)s2)cc1. The van der Waals surface area contributed by atoms with Crippen LogP contribution in [0.2, 0.25) is 0 Å². The van der Waals surface area contributed by atoms with Gasteiger partial charge in [-0.25, -0.2) is 0 Å². The third-order valence-corrected chi connectivity index (χ3v) is 4.64. The number of pyridine rings is 1. The van der Waals surface area contributed by atoms with E-state index in [1.54, 1.807) is 17.3 Å². The standard InChI is InChI=1S/C19H20N4OS/c1-13(2)12-23(18(24)15-8-6-14(3)7-9-15)19-22-21-17(25-19)16-5-4-10-20-11-16/h4-11,13H,12H2,1-3H3. The predicted molar refractivity (Wildman–Crippen MR) is 101 cm³/mol. The number of rotatable bonds is 5. The average molecular weight is 352 g/mol. The van der Waals surface area contributed by atoms with Gasteiger partial charge in [-0.15, -0.1) is 10.2 Å². The second-order valence-electron chi connectivity index (χ2n) is 6.31. The average Bonchev–Trinajstić information content (AvgIpc) is 3.10. The van der Waals surface area contributed by atoms with Crippen LogP contribution in [0.15, 0.2) is 48.8 Å². The van der Waals surface area contributed by atoms with Crippen molar-refractivity contribution in [2.45, 2.75) is 20.8 Å². The van der Waals surface area contributed by atoms with Gasteiger partial charge in [0.2, 0.25) is 5.13 Å². The molecule has 128 valence electrons. The number of aromatic nitrogens is 3. The van der Waals surface area contributed by atoms with Crippen molar-refractivity contribution in [3.63, 3.8) is 0 Å². The molecule has 0 aliphatic rings. The third kappa shape index (κ3) is 4.09. The van der Waals surface area contributed by atoms with E-state index < -0.39 is 0 Å². The van der Waals surface area contributed by atoms with E-state index in [1.807, 2.05) is 43.3 Å². The van der Waals surface area contributed by atoms with Crippen LogP contribution in [0.4, 0.5) is 5.13 Å². The van der Waals surface area contributed by atoms with Crippen molar-refractivity contribution >= 4 is 22.4 Å². The summed E-state index contributed by atoms with van der Waals surface area (Å²) in [5, 5.41) is 9.86. The Labute approximate surface area is 151 Å². The van der Waals surface area contributed by atoms with E-state index in [9.17, 15) is 4.79 Å². The minimum atomic E-state index is -0.0532. The Kier molecular flexibility index (Phi) is 5.19. The molecule has 0 saturated carbocycles. The number of amides is 1. The van der Waals surface area contributed by atoms with Gasteiger partial charge < -0.3 is 0 Å². The molecule has 3 rings (SSSR count). The fourth-order valence-electron chi connectivity index (χ4n) is 2.40. The molecule has 0 radical (unpaired) electrons. The maximum Gasteiger partial charge on any atom is 0.260 e. The van der Waals surface area contributed by atoms with Crippen LogP contribution in [0.5, 0.6) is 0 Å². The summed E-state index contributed by atoms with van der Waals surface area (Å²) >= 11 is 1.41. The normalized spacial score (nSPS) is 10.9. The molecule has 1 aromatic carbocycles. The second-order valence-corrected chi connectivity index (χ2v) is 7.26. The van der Waals surface area contributed by atoms with E-state index in [2.05, 4.69) is 29.0 Å². The van der Waals surface area contributed by atoms with E-state index >= 15 is 0 Å². The van der Waals surface area contributed by atoms with Gasteiger partial charge in [-0.2, -0.15) is 0 Å². The van der Waals surface area contributed by atoms with Crippen molar-refractivity contribution in [1.29, 1.82) is 0 Å². The summed E-state index contributed by atoms with van der Waals surface area (Å²) in [6, 6.07) is 11.4. The Balaban J connectivity index is 1.92. The van der Waals surface area contributed by atoms with Crippen molar-refractivity contribution in [3.8, 4) is 10.6 Å². The smallest absolute Gasteiger partial charge is 0.260 e. The lowest BCUT2D eigenvalue weighted by atomic mass is 10.1. The van der Waals surface area contributed by atoms with E-state index in [4.69, 9.17) is 0 Å². The number of nitrogens with zero attached hydrogens (tertiary/aromatic N) is 4. The number of anilines is 1. The molecule has 0 unspecified atom stereocenters. The van der Waals surface area contributed by atoms with E-state index in [0.29, 0.717) is 23.2 Å². The van der Waals surface area contributed by atoms with Crippen molar-refractivity contribution < 1.29 is 4.79 Å². The first-order chi connectivity index (χ1) is 12.0. The summed E-state index contributed by atoms with van der Waals surface area (Å²) < 4.78 is 0. The van der Waals surface area contributed by atoms with Gasteiger partial charge in [0.1, 0.15) is 0 Å². The Bertz CT molecular complexity index is 843. The molecular formula is C19H20N4OS. The van der Waals surface area contributed by atoms with Crippen LogP contribution in [-0.4, -0.2) is 27.6 Å². The Hall–Kier alpha value is -2.60. The summed E-state index contributed by atoms with van der Waals surface area (Å²) in [6.45, 7) is 6.76. The Morgan fingerprint density at radius 3 is 2.56 bits per heavy atom. The molecule has 0 saturated heterocycles. The second kappa shape index (κ2) is 7.53. The molecule has 25 heavy (non-hydrogen) atoms. The van der Waals surface area contributed by atoms with Gasteiger partial charge in [-0.1, -0.05) is 42.9 Å². The van der Waals surface area contributed by atoms with Gasteiger partial charge in [0.15, 0.2) is 5.01 Å². The molecule has 0 N–H and O–H groups in total. The van der Waals surface area contributed by atoms with Crippen LogP contribution < -0.4 is 4.90 Å². The van der Waals surface area contributed by atoms with Gasteiger partial charge in [-0.05, 0) is 37.1 Å². The molecule has 3 aromatic rings. The molecule has 2 aromatic heterocycles. The van der Waals surface area contributed by atoms with Crippen LogP contribution in [0, 0.1) is 12.8 Å². The van der Waals surface area contributed by atoms with Crippen LogP contribution in [-0.2, 0) is 0 Å². The molecule has 2 heterocycles. The monoisotopic (exact) mass is 352 g/mol. The number of hydrogen-bond donors (Lipinski definition) is 0. The number of benzene rings is 1. The first kappa shape index (κ1) is 17.2. The van der Waals surface area contributed by atoms with E-state index in [1.165, 1.54) is 11.3 Å². The minimum Gasteiger partial charge on any atom is -0.282 e. The molecule has 0 bridgehead atoms. The first-order valence-electron chi connectivity index (χ1n) is 8.17. The highest BCUT2D eigenvalue weighted by atomic mass is 32.1. The number of carbonyl (C=O) groups is 1. The van der Waals surface area contributed by atoms with E-state index in [-0.39, 0.29) is 5.91 Å². The molecule has 0 fully saturated rings. The molecule has 5 nitrogen and oxygen atoms in total. The highest BCUT2D eigenvalue weighted by molar-refractivity contribution is 7.18. The lowest BCUT2D eigenvalue weighted by Crippen LogP contribution is -2.34. The molecule has 0 atom stereocenters. The molecule has 0 aliphatic heterocycles. The highest BCUT2D eigenvalue weighted by Gasteiger charge is 2.22. The summed E-state index contributed by atoms with van der Waals surface area (Å²) in [7, 11) is 0. The van der Waals surface area contributed by atoms with Gasteiger partial charge in [0.05, 0.1) is 0 Å². The largest absolute Gasteiger partial charge is 0.282 e. The Morgan fingerprint density at radius 1 is 1.16 bits per heavy atom. The summed E-state index contributed by atoms with van der Waals surface area (Å²) in [5.41, 5.74) is 2.68. The number of carbonyl (C=O) groups excluding carboxylic acids is 1. The highest BCUT2D eigenvalue weighted by Crippen LogP contribution is 2.29. The van der Waals surface area contributed by atoms with Crippen LogP contribution in [0.1, 0.15) is 29.8 Å². The van der Waals surface area contributed by atoms with Crippen LogP contribution in [0.3, 0.4) is 0 Å². The topological polar surface area (TPSA) is 59.0 Å². The molecular weight excluding hydrogens is 332 g/mol. The van der Waals surface area contributed by atoms with Gasteiger partial charge in [-0.3, -0.25) is 14.7 Å². The van der Waals surface area contributed by atoms with Crippen LogP contribution in [0.25, 0.3) is 10.6 Å². The zero-order valence-corrected chi connectivity index (χ0v) is 15.3. The molecule has 0 aliphatic carbocycles. The van der Waals surface area contributed by atoms with Crippen molar-refractivity contribution in [1.82, 2.24) is 15.2 Å². The first-order valence-corrected chi connectivity index (χ1v) is 8.98. The fraction of sp³-hybridized carbons (Fsp3) is 0.263. The van der Waals surface area contributed by atoms with Gasteiger partial charge >= 0.3 is 0 Å². The summed E-state index contributed by atoms with van der Waals surface area (Å²) in [4.78, 5) is 18.8. The molecule has 0 spiro atoms. The quantitative estimate of drug-likeness (QED) is 0.690. The molecule has 1 amide bonds. The zero-order chi connectivity index (χ0) is 17.8. The fourth-order valence-corrected chi connectivity index (χ4v) is 3.24. The van der Waals surface area contributed by atoms with Crippen molar-refractivity contribution in [2.24, 2.45) is 5.92 Å². The van der Waals surface area contributed by atoms with Crippen LogP contribution >= 0.6 is 11.3 Å².